The predicted octanol–water partition coefficient (Wildman–Crippen LogP) is 1.39. The van der Waals surface area contributed by atoms with Crippen LogP contribution in [0.1, 0.15) is 11.8 Å². The Kier molecular flexibility index (Phi) is 4.14. The highest BCUT2D eigenvalue weighted by Crippen LogP contribution is 2.29. The molecule has 0 aliphatic carbocycles. The summed E-state index contributed by atoms with van der Waals surface area (Å²) in [7, 11) is 0. The van der Waals surface area contributed by atoms with Crippen molar-refractivity contribution in [3.8, 4) is 6.07 Å². The molecule has 19 heavy (non-hydrogen) atoms. The summed E-state index contributed by atoms with van der Waals surface area (Å²) in [4.78, 5) is 13.3. The van der Waals surface area contributed by atoms with Gasteiger partial charge in [-0.05, 0) is 13.0 Å². The topological polar surface area (TPSA) is 82.2 Å². The first-order chi connectivity index (χ1) is 9.05. The van der Waals surface area contributed by atoms with Gasteiger partial charge in [0, 0.05) is 43.5 Å². The molecule has 2 heterocycles. The summed E-state index contributed by atoms with van der Waals surface area (Å²) in [5.74, 6) is 0. The van der Waals surface area contributed by atoms with Crippen molar-refractivity contribution in [1.29, 1.82) is 5.26 Å². The number of nitrogens with one attached hydrogen (secondary N) is 1. The number of rotatable bonds is 4. The Bertz CT molecular complexity index is 504. The maximum Gasteiger partial charge on any atom is 0.324 e. The Hall–Kier alpha value is -1.49. The first kappa shape index (κ1) is 13.9. The van der Waals surface area contributed by atoms with Gasteiger partial charge in [-0.15, -0.1) is 0 Å². The van der Waals surface area contributed by atoms with Gasteiger partial charge in [0.2, 0.25) is 0 Å². The molecule has 1 aromatic rings. The molecule has 0 saturated carbocycles. The van der Waals surface area contributed by atoms with Crippen LogP contribution >= 0.6 is 11.3 Å². The number of hydrogen-bond donors (Lipinski definition) is 1. The minimum Gasteiger partial charge on any atom is -0.314 e. The Morgan fingerprint density at radius 2 is 2.26 bits per heavy atom. The minimum atomic E-state index is -0.596. The van der Waals surface area contributed by atoms with Crippen LogP contribution in [0.2, 0.25) is 0 Å². The van der Waals surface area contributed by atoms with Crippen molar-refractivity contribution in [1.82, 2.24) is 10.2 Å². The number of piperazine rings is 1. The molecular weight excluding hydrogens is 264 g/mol. The van der Waals surface area contributed by atoms with Crippen molar-refractivity contribution in [3.63, 3.8) is 0 Å². The second kappa shape index (κ2) is 5.65. The number of thiophene rings is 1. The molecule has 1 saturated heterocycles. The molecule has 1 aliphatic rings. The maximum absolute atomic E-state index is 10.7. The van der Waals surface area contributed by atoms with E-state index in [4.69, 9.17) is 0 Å². The normalized spacial score (nSPS) is 19.6. The van der Waals surface area contributed by atoms with Gasteiger partial charge in [0.15, 0.2) is 0 Å². The zero-order valence-electron chi connectivity index (χ0n) is 10.8. The smallest absolute Gasteiger partial charge is 0.314 e. The molecule has 1 aromatic heterocycles. The van der Waals surface area contributed by atoms with Crippen LogP contribution in [0.15, 0.2) is 12.1 Å². The van der Waals surface area contributed by atoms with Crippen molar-refractivity contribution in [2.24, 2.45) is 0 Å². The molecule has 7 heteroatoms. The molecule has 0 spiro atoms. The van der Waals surface area contributed by atoms with Crippen molar-refractivity contribution < 1.29 is 4.92 Å². The van der Waals surface area contributed by atoms with Crippen LogP contribution in [0.25, 0.3) is 0 Å². The van der Waals surface area contributed by atoms with E-state index in [1.165, 1.54) is 6.07 Å². The van der Waals surface area contributed by atoms with Crippen LogP contribution in [0.4, 0.5) is 5.00 Å². The van der Waals surface area contributed by atoms with Gasteiger partial charge in [-0.25, -0.2) is 0 Å². The van der Waals surface area contributed by atoms with Crippen LogP contribution in [-0.4, -0.2) is 41.5 Å². The molecule has 0 aromatic carbocycles. The van der Waals surface area contributed by atoms with E-state index in [1.807, 2.05) is 6.92 Å². The Balaban J connectivity index is 2.12. The first-order valence-electron chi connectivity index (χ1n) is 6.15. The quantitative estimate of drug-likeness (QED) is 0.665. The molecule has 0 radical (unpaired) electrons. The lowest BCUT2D eigenvalue weighted by Crippen LogP contribution is -2.55. The van der Waals surface area contributed by atoms with Crippen LogP contribution in [-0.2, 0) is 6.42 Å². The standard InChI is InChI=1S/C12H16N4O2S/c1-12(9-13,15-6-4-14-5-7-15)8-10-2-3-11(19-10)16(17)18/h2-3,14H,4-8H2,1H3. The van der Waals surface area contributed by atoms with Crippen molar-refractivity contribution in [2.45, 2.75) is 18.9 Å². The molecule has 1 fully saturated rings. The third-order valence-corrected chi connectivity index (χ3v) is 4.44. The van der Waals surface area contributed by atoms with Crippen molar-refractivity contribution >= 4 is 16.3 Å². The number of nitro groups is 1. The van der Waals surface area contributed by atoms with Gasteiger partial charge in [0.25, 0.3) is 0 Å². The molecule has 1 N–H and O–H groups in total. The van der Waals surface area contributed by atoms with Crippen LogP contribution in [0.3, 0.4) is 0 Å². The SMILES string of the molecule is CC(C#N)(Cc1ccc([N+](=O)[O-])s1)N1CCNCC1. The lowest BCUT2D eigenvalue weighted by Gasteiger charge is -2.38. The fourth-order valence-electron chi connectivity index (χ4n) is 2.28. The predicted molar refractivity (Wildman–Crippen MR) is 73.1 cm³/mol. The zero-order valence-corrected chi connectivity index (χ0v) is 11.6. The monoisotopic (exact) mass is 280 g/mol. The second-order valence-electron chi connectivity index (χ2n) is 4.80. The lowest BCUT2D eigenvalue weighted by atomic mass is 9.95. The lowest BCUT2D eigenvalue weighted by molar-refractivity contribution is -0.380. The van der Waals surface area contributed by atoms with E-state index in [-0.39, 0.29) is 9.92 Å². The summed E-state index contributed by atoms with van der Waals surface area (Å²) in [6.45, 7) is 5.32. The van der Waals surface area contributed by atoms with E-state index in [9.17, 15) is 15.4 Å². The molecule has 1 unspecified atom stereocenters. The average molecular weight is 280 g/mol. The summed E-state index contributed by atoms with van der Waals surface area (Å²) in [6.07, 6.45) is 0.530. The molecule has 0 bridgehead atoms. The van der Waals surface area contributed by atoms with E-state index in [1.54, 1.807) is 6.07 Å². The fourth-order valence-corrected chi connectivity index (χ4v) is 3.25. The van der Waals surface area contributed by atoms with Crippen molar-refractivity contribution in [2.75, 3.05) is 26.2 Å². The van der Waals surface area contributed by atoms with Crippen LogP contribution < -0.4 is 5.32 Å². The summed E-state index contributed by atoms with van der Waals surface area (Å²) in [5, 5.41) is 23.5. The van der Waals surface area contributed by atoms with E-state index in [0.717, 1.165) is 42.4 Å². The van der Waals surface area contributed by atoms with Gasteiger partial charge in [-0.1, -0.05) is 11.3 Å². The molecule has 6 nitrogen and oxygen atoms in total. The Morgan fingerprint density at radius 1 is 1.58 bits per heavy atom. The third kappa shape index (κ3) is 3.10. The van der Waals surface area contributed by atoms with Crippen molar-refractivity contribution in [3.05, 3.63) is 27.1 Å². The minimum absolute atomic E-state index is 0.135. The number of nitriles is 1. The van der Waals surface area contributed by atoms with Gasteiger partial charge in [-0.2, -0.15) is 5.26 Å². The molecular formula is C12H16N4O2S. The van der Waals surface area contributed by atoms with Crippen LogP contribution in [0, 0.1) is 21.4 Å². The Morgan fingerprint density at radius 3 is 2.79 bits per heavy atom. The van der Waals surface area contributed by atoms with Crippen LogP contribution in [0.5, 0.6) is 0 Å². The van der Waals surface area contributed by atoms with Gasteiger partial charge < -0.3 is 5.32 Å². The summed E-state index contributed by atoms with van der Waals surface area (Å²) in [6, 6.07) is 5.63. The molecule has 1 aliphatic heterocycles. The highest BCUT2D eigenvalue weighted by Gasteiger charge is 2.33. The largest absolute Gasteiger partial charge is 0.324 e. The fraction of sp³-hybridized carbons (Fsp3) is 0.583. The summed E-state index contributed by atoms with van der Waals surface area (Å²) < 4.78 is 0. The summed E-state index contributed by atoms with van der Waals surface area (Å²) in [5.41, 5.74) is -0.596. The van der Waals surface area contributed by atoms with Gasteiger partial charge >= 0.3 is 5.00 Å². The third-order valence-electron chi connectivity index (χ3n) is 3.40. The number of hydrogen-bond acceptors (Lipinski definition) is 6. The molecule has 2 rings (SSSR count). The second-order valence-corrected chi connectivity index (χ2v) is 5.94. The first-order valence-corrected chi connectivity index (χ1v) is 6.97. The molecule has 102 valence electrons. The molecule has 1 atom stereocenters. The highest BCUT2D eigenvalue weighted by atomic mass is 32.1. The highest BCUT2D eigenvalue weighted by molar-refractivity contribution is 7.15. The van der Waals surface area contributed by atoms with Gasteiger partial charge in [0.05, 0.1) is 11.0 Å². The van der Waals surface area contributed by atoms with Gasteiger partial charge in [-0.3, -0.25) is 15.0 Å². The van der Waals surface area contributed by atoms with Gasteiger partial charge in [0.1, 0.15) is 5.54 Å². The zero-order chi connectivity index (χ0) is 13.9. The van der Waals surface area contributed by atoms with E-state index < -0.39 is 5.54 Å². The van der Waals surface area contributed by atoms with E-state index in [0.29, 0.717) is 6.42 Å². The van der Waals surface area contributed by atoms with E-state index >= 15 is 0 Å². The Labute approximate surface area is 115 Å². The molecule has 0 amide bonds. The average Bonchev–Trinajstić information content (AvgIpc) is 2.88. The number of nitrogens with zero attached hydrogens (tertiary/aromatic N) is 3. The maximum atomic E-state index is 10.7. The summed E-state index contributed by atoms with van der Waals surface area (Å²) >= 11 is 1.15. The van der Waals surface area contributed by atoms with E-state index in [2.05, 4.69) is 16.3 Å².